The first kappa shape index (κ1) is 13.1. The Morgan fingerprint density at radius 1 is 1.25 bits per heavy atom. The molecule has 1 N–H and O–H groups in total. The lowest BCUT2D eigenvalue weighted by molar-refractivity contribution is 0.769. The summed E-state index contributed by atoms with van der Waals surface area (Å²) in [5, 5.41) is 11.4. The maximum absolute atomic E-state index is 6.11. The molecule has 0 saturated carbocycles. The Hall–Kier alpha value is -1.87. The predicted octanol–water partition coefficient (Wildman–Crippen LogP) is 4.81. The van der Waals surface area contributed by atoms with Gasteiger partial charge < -0.3 is 5.32 Å². The number of nitrogens with one attached hydrogen (secondary N) is 1. The molecule has 0 spiro atoms. The molecule has 2 aromatic rings. The molecule has 1 unspecified atom stereocenters. The fourth-order valence-corrected chi connectivity index (χ4v) is 2.64. The Morgan fingerprint density at radius 3 is 3.00 bits per heavy atom. The van der Waals surface area contributed by atoms with E-state index in [0.29, 0.717) is 6.54 Å². The van der Waals surface area contributed by atoms with Crippen LogP contribution >= 0.6 is 11.6 Å². The minimum Gasteiger partial charge on any atom is -0.381 e. The third kappa shape index (κ3) is 2.83. The molecular formula is C16H16ClN3. The molecule has 0 bridgehead atoms. The molecule has 4 heteroatoms. The smallest absolute Gasteiger partial charge is 0.169 e. The highest BCUT2D eigenvalue weighted by molar-refractivity contribution is 6.20. The highest BCUT2D eigenvalue weighted by Crippen LogP contribution is 2.32. The number of benzene rings is 2. The maximum Gasteiger partial charge on any atom is 0.169 e. The molecule has 0 radical (unpaired) electrons. The summed E-state index contributed by atoms with van der Waals surface area (Å²) in [6, 6.07) is 14.7. The van der Waals surface area contributed by atoms with Gasteiger partial charge >= 0.3 is 0 Å². The molecule has 1 atom stereocenters. The highest BCUT2D eigenvalue weighted by atomic mass is 35.5. The second kappa shape index (κ2) is 5.63. The van der Waals surface area contributed by atoms with E-state index in [0.717, 1.165) is 23.4 Å². The number of hydrogen-bond acceptors (Lipinski definition) is 3. The average Bonchev–Trinajstić information content (AvgIpc) is 2.45. The summed E-state index contributed by atoms with van der Waals surface area (Å²) < 4.78 is 0. The first-order valence-electron chi connectivity index (χ1n) is 6.65. The van der Waals surface area contributed by atoms with Crippen molar-refractivity contribution in [2.24, 2.45) is 10.2 Å². The molecule has 0 amide bonds. The zero-order valence-corrected chi connectivity index (χ0v) is 12.1. The van der Waals surface area contributed by atoms with Crippen molar-refractivity contribution in [3.8, 4) is 0 Å². The third-order valence-corrected chi connectivity index (χ3v) is 3.73. The molecule has 3 nitrogen and oxygen atoms in total. The largest absolute Gasteiger partial charge is 0.381 e. The second-order valence-corrected chi connectivity index (χ2v) is 5.42. The Labute approximate surface area is 123 Å². The standard InChI is InChI=1S/C16H16ClN3/c1-11-3-2-4-12(7-11)9-18-14-5-6-15-13(8-14)10-19-20-16(15)17/h2-8,16,18H,9-10H2,1H3. The van der Waals surface area contributed by atoms with Crippen LogP contribution < -0.4 is 5.32 Å². The number of nitrogens with zero attached hydrogens (tertiary/aromatic N) is 2. The molecule has 0 aliphatic carbocycles. The lowest BCUT2D eigenvalue weighted by Crippen LogP contribution is -2.03. The van der Waals surface area contributed by atoms with Crippen LogP contribution in [-0.2, 0) is 13.1 Å². The molecule has 3 rings (SSSR count). The van der Waals surface area contributed by atoms with Crippen LogP contribution in [0.2, 0.25) is 0 Å². The molecule has 1 aliphatic rings. The Bertz CT molecular complexity index is 652. The van der Waals surface area contributed by atoms with E-state index >= 15 is 0 Å². The SMILES string of the molecule is Cc1cccc(CNc2ccc3c(c2)CN=NC3Cl)c1. The number of hydrogen-bond donors (Lipinski definition) is 1. The highest BCUT2D eigenvalue weighted by Gasteiger charge is 2.15. The summed E-state index contributed by atoms with van der Waals surface area (Å²) in [4.78, 5) is 0. The van der Waals surface area contributed by atoms with Gasteiger partial charge in [0.05, 0.1) is 6.54 Å². The van der Waals surface area contributed by atoms with E-state index in [1.165, 1.54) is 11.1 Å². The van der Waals surface area contributed by atoms with Crippen LogP contribution in [0.4, 0.5) is 5.69 Å². The number of aryl methyl sites for hydroxylation is 1. The fourth-order valence-electron chi connectivity index (χ4n) is 2.36. The number of alkyl halides is 1. The Kier molecular flexibility index (Phi) is 3.70. The summed E-state index contributed by atoms with van der Waals surface area (Å²) in [6.07, 6.45) is 0. The van der Waals surface area contributed by atoms with E-state index in [1.54, 1.807) is 0 Å². The normalized spacial score (nSPS) is 16.8. The van der Waals surface area contributed by atoms with E-state index in [1.807, 2.05) is 12.1 Å². The molecule has 0 fully saturated rings. The molecule has 0 aromatic heterocycles. The molecule has 1 aliphatic heterocycles. The van der Waals surface area contributed by atoms with E-state index in [4.69, 9.17) is 11.6 Å². The summed E-state index contributed by atoms with van der Waals surface area (Å²) in [5.41, 5.74) is 5.51. The monoisotopic (exact) mass is 285 g/mol. The van der Waals surface area contributed by atoms with Crippen molar-refractivity contribution in [3.05, 3.63) is 64.7 Å². The van der Waals surface area contributed by atoms with Gasteiger partial charge in [-0.25, -0.2) is 0 Å². The third-order valence-electron chi connectivity index (χ3n) is 3.40. The van der Waals surface area contributed by atoms with Gasteiger partial charge in [-0.2, -0.15) is 10.2 Å². The van der Waals surface area contributed by atoms with Gasteiger partial charge in [0.2, 0.25) is 0 Å². The average molecular weight is 286 g/mol. The Balaban J connectivity index is 1.73. The van der Waals surface area contributed by atoms with Crippen molar-refractivity contribution >= 4 is 17.3 Å². The number of fused-ring (bicyclic) bond motifs is 1. The van der Waals surface area contributed by atoms with E-state index < -0.39 is 0 Å². The first-order chi connectivity index (χ1) is 9.72. The van der Waals surface area contributed by atoms with Crippen molar-refractivity contribution in [1.29, 1.82) is 0 Å². The molecule has 1 heterocycles. The molecular weight excluding hydrogens is 270 g/mol. The van der Waals surface area contributed by atoms with Crippen molar-refractivity contribution in [3.63, 3.8) is 0 Å². The van der Waals surface area contributed by atoms with Crippen molar-refractivity contribution in [1.82, 2.24) is 0 Å². The molecule has 0 saturated heterocycles. The van der Waals surface area contributed by atoms with E-state index in [2.05, 4.69) is 52.8 Å². The zero-order chi connectivity index (χ0) is 13.9. The number of rotatable bonds is 3. The lowest BCUT2D eigenvalue weighted by atomic mass is 10.1. The van der Waals surface area contributed by atoms with Gasteiger partial charge in [0.15, 0.2) is 5.50 Å². The van der Waals surface area contributed by atoms with Crippen LogP contribution in [0.5, 0.6) is 0 Å². The predicted molar refractivity (Wildman–Crippen MR) is 82.1 cm³/mol. The molecule has 20 heavy (non-hydrogen) atoms. The minimum absolute atomic E-state index is 0.343. The van der Waals surface area contributed by atoms with E-state index in [9.17, 15) is 0 Å². The van der Waals surface area contributed by atoms with Crippen LogP contribution in [0.15, 0.2) is 52.7 Å². The van der Waals surface area contributed by atoms with Crippen molar-refractivity contribution in [2.45, 2.75) is 25.5 Å². The van der Waals surface area contributed by atoms with Crippen LogP contribution in [-0.4, -0.2) is 0 Å². The summed E-state index contributed by atoms with van der Waals surface area (Å²) >= 11 is 6.11. The van der Waals surface area contributed by atoms with E-state index in [-0.39, 0.29) is 5.50 Å². The van der Waals surface area contributed by atoms with Crippen LogP contribution in [0.25, 0.3) is 0 Å². The Morgan fingerprint density at radius 2 is 2.15 bits per heavy atom. The fraction of sp³-hybridized carbons (Fsp3) is 0.250. The summed E-state index contributed by atoms with van der Waals surface area (Å²) in [5.74, 6) is 0. The maximum atomic E-state index is 6.11. The molecule has 102 valence electrons. The van der Waals surface area contributed by atoms with Crippen LogP contribution in [0.3, 0.4) is 0 Å². The van der Waals surface area contributed by atoms with Gasteiger partial charge in [-0.15, -0.1) is 0 Å². The van der Waals surface area contributed by atoms with Crippen LogP contribution in [0, 0.1) is 6.92 Å². The number of azo groups is 1. The number of anilines is 1. The van der Waals surface area contributed by atoms with Gasteiger partial charge in [-0.3, -0.25) is 0 Å². The quantitative estimate of drug-likeness (QED) is 0.637. The topological polar surface area (TPSA) is 36.8 Å². The lowest BCUT2D eigenvalue weighted by Gasteiger charge is -2.16. The van der Waals surface area contributed by atoms with Gasteiger partial charge in [0.1, 0.15) is 0 Å². The summed E-state index contributed by atoms with van der Waals surface area (Å²) in [6.45, 7) is 3.53. The zero-order valence-electron chi connectivity index (χ0n) is 11.3. The second-order valence-electron chi connectivity index (χ2n) is 5.01. The van der Waals surface area contributed by atoms with Gasteiger partial charge in [-0.05, 0) is 35.7 Å². The van der Waals surface area contributed by atoms with Crippen LogP contribution in [0.1, 0.15) is 27.8 Å². The summed E-state index contributed by atoms with van der Waals surface area (Å²) in [7, 11) is 0. The van der Waals surface area contributed by atoms with Gasteiger partial charge in [-0.1, -0.05) is 47.5 Å². The van der Waals surface area contributed by atoms with Crippen molar-refractivity contribution in [2.75, 3.05) is 5.32 Å². The van der Waals surface area contributed by atoms with Gasteiger partial charge in [0.25, 0.3) is 0 Å². The first-order valence-corrected chi connectivity index (χ1v) is 7.09. The molecule has 2 aromatic carbocycles. The minimum atomic E-state index is -0.343. The van der Waals surface area contributed by atoms with Gasteiger partial charge in [0, 0.05) is 12.2 Å². The number of halogens is 1. The van der Waals surface area contributed by atoms with Crippen molar-refractivity contribution < 1.29 is 0 Å².